The Morgan fingerprint density at radius 2 is 1.17 bits per heavy atom. The molecule has 0 fully saturated rings. The lowest BCUT2D eigenvalue weighted by Crippen LogP contribution is -2.18. The van der Waals surface area contributed by atoms with Crippen LogP contribution in [0.25, 0.3) is 0 Å². The molecule has 1 rings (SSSR count). The molecular weight excluding hydrogens is 304 g/mol. The first-order chi connectivity index (χ1) is 11.3. The maximum Gasteiger partial charge on any atom is 0.308 e. The minimum Gasteiger partial charge on any atom is -0.466 e. The molecule has 0 aliphatic carbocycles. The molecule has 0 heterocycles. The summed E-state index contributed by atoms with van der Waals surface area (Å²) in [6.45, 7) is 12.3. The zero-order chi connectivity index (χ0) is 18.3. The van der Waals surface area contributed by atoms with Crippen LogP contribution in [0.2, 0.25) is 0 Å². The fraction of sp³-hybridized carbons (Fsp3) is 0.600. The van der Waals surface area contributed by atoms with E-state index in [0.29, 0.717) is 26.1 Å². The standard InChI is InChI=1S/C20H30O4/c1-7-23-19(21)15(5)11-17-9-14(4)18(10-13(17)3)12-16(6)20(22)24-8-2/h9-10,15-16H,7-8,11-12H2,1-6H3. The molecule has 1 aromatic carbocycles. The molecule has 0 spiro atoms. The largest absolute Gasteiger partial charge is 0.466 e. The van der Waals surface area contributed by atoms with Crippen LogP contribution < -0.4 is 0 Å². The van der Waals surface area contributed by atoms with Gasteiger partial charge in [-0.2, -0.15) is 0 Å². The Bertz CT molecular complexity index is 525. The Kier molecular flexibility index (Phi) is 7.96. The van der Waals surface area contributed by atoms with E-state index in [1.54, 1.807) is 0 Å². The average Bonchev–Trinajstić information content (AvgIpc) is 2.52. The first-order valence-electron chi connectivity index (χ1n) is 8.72. The van der Waals surface area contributed by atoms with Gasteiger partial charge in [-0.05, 0) is 62.8 Å². The second-order valence-corrected chi connectivity index (χ2v) is 6.42. The van der Waals surface area contributed by atoms with Crippen molar-refractivity contribution in [2.24, 2.45) is 11.8 Å². The third kappa shape index (κ3) is 5.66. The average molecular weight is 334 g/mol. The van der Waals surface area contributed by atoms with Crippen molar-refractivity contribution in [3.63, 3.8) is 0 Å². The van der Waals surface area contributed by atoms with Gasteiger partial charge in [-0.3, -0.25) is 9.59 Å². The van der Waals surface area contributed by atoms with Crippen molar-refractivity contribution in [2.45, 2.75) is 54.4 Å². The lowest BCUT2D eigenvalue weighted by molar-refractivity contribution is -0.148. The van der Waals surface area contributed by atoms with Gasteiger partial charge in [0.1, 0.15) is 0 Å². The highest BCUT2D eigenvalue weighted by Crippen LogP contribution is 2.22. The minimum atomic E-state index is -0.160. The van der Waals surface area contributed by atoms with E-state index in [4.69, 9.17) is 9.47 Å². The summed E-state index contributed by atoms with van der Waals surface area (Å²) in [5.41, 5.74) is 4.59. The van der Waals surface area contributed by atoms with Gasteiger partial charge in [-0.15, -0.1) is 0 Å². The highest BCUT2D eigenvalue weighted by atomic mass is 16.5. The zero-order valence-electron chi connectivity index (χ0n) is 15.8. The predicted octanol–water partition coefficient (Wildman–Crippen LogP) is 3.79. The SMILES string of the molecule is CCOC(=O)C(C)Cc1cc(C)c(CC(C)C(=O)OCC)cc1C. The van der Waals surface area contributed by atoms with Gasteiger partial charge in [0.05, 0.1) is 25.0 Å². The smallest absolute Gasteiger partial charge is 0.308 e. The van der Waals surface area contributed by atoms with E-state index in [0.717, 1.165) is 22.3 Å². The summed E-state index contributed by atoms with van der Waals surface area (Å²) >= 11 is 0. The van der Waals surface area contributed by atoms with Crippen molar-refractivity contribution in [2.75, 3.05) is 13.2 Å². The summed E-state index contributed by atoms with van der Waals surface area (Å²) in [6.07, 6.45) is 1.33. The summed E-state index contributed by atoms with van der Waals surface area (Å²) in [6, 6.07) is 4.25. The molecule has 0 amide bonds. The number of hydrogen-bond donors (Lipinski definition) is 0. The third-order valence-electron chi connectivity index (χ3n) is 4.22. The first-order valence-corrected chi connectivity index (χ1v) is 8.72. The van der Waals surface area contributed by atoms with Crippen molar-refractivity contribution < 1.29 is 19.1 Å². The van der Waals surface area contributed by atoms with Crippen molar-refractivity contribution in [1.29, 1.82) is 0 Å². The molecule has 0 saturated heterocycles. The molecule has 1 aromatic rings. The lowest BCUT2D eigenvalue weighted by Gasteiger charge is -2.17. The van der Waals surface area contributed by atoms with E-state index >= 15 is 0 Å². The van der Waals surface area contributed by atoms with Gasteiger partial charge in [-0.25, -0.2) is 0 Å². The Morgan fingerprint density at radius 3 is 1.46 bits per heavy atom. The predicted molar refractivity (Wildman–Crippen MR) is 94.9 cm³/mol. The van der Waals surface area contributed by atoms with Crippen molar-refractivity contribution >= 4 is 11.9 Å². The topological polar surface area (TPSA) is 52.6 Å². The summed E-state index contributed by atoms with van der Waals surface area (Å²) < 4.78 is 10.2. The second-order valence-electron chi connectivity index (χ2n) is 6.42. The molecule has 134 valence electrons. The van der Waals surface area contributed by atoms with Gasteiger partial charge in [0, 0.05) is 0 Å². The van der Waals surface area contributed by atoms with E-state index in [9.17, 15) is 9.59 Å². The molecule has 2 unspecified atom stereocenters. The molecule has 0 bridgehead atoms. The molecule has 24 heavy (non-hydrogen) atoms. The highest BCUT2D eigenvalue weighted by Gasteiger charge is 2.19. The van der Waals surface area contributed by atoms with E-state index in [1.165, 1.54) is 0 Å². The fourth-order valence-corrected chi connectivity index (χ4v) is 2.77. The number of aryl methyl sites for hydroxylation is 2. The maximum absolute atomic E-state index is 11.8. The quantitative estimate of drug-likeness (QED) is 0.679. The summed E-state index contributed by atoms with van der Waals surface area (Å²) in [7, 11) is 0. The third-order valence-corrected chi connectivity index (χ3v) is 4.22. The number of carbonyl (C=O) groups is 2. The van der Waals surface area contributed by atoms with Crippen LogP contribution in [0.15, 0.2) is 12.1 Å². The van der Waals surface area contributed by atoms with Crippen LogP contribution in [-0.2, 0) is 31.9 Å². The number of hydrogen-bond acceptors (Lipinski definition) is 4. The van der Waals surface area contributed by atoms with Crippen molar-refractivity contribution in [3.8, 4) is 0 Å². The molecule has 0 N–H and O–H groups in total. The van der Waals surface area contributed by atoms with Crippen molar-refractivity contribution in [3.05, 3.63) is 34.4 Å². The van der Waals surface area contributed by atoms with Crippen molar-refractivity contribution in [1.82, 2.24) is 0 Å². The maximum atomic E-state index is 11.8. The number of rotatable bonds is 8. The number of carbonyl (C=O) groups excluding carboxylic acids is 2. The monoisotopic (exact) mass is 334 g/mol. The number of ether oxygens (including phenoxy) is 2. The Morgan fingerprint density at radius 1 is 0.833 bits per heavy atom. The van der Waals surface area contributed by atoms with E-state index < -0.39 is 0 Å². The van der Waals surface area contributed by atoms with Gasteiger partial charge in [-0.1, -0.05) is 26.0 Å². The molecule has 2 atom stereocenters. The van der Waals surface area contributed by atoms with Gasteiger partial charge in [0.15, 0.2) is 0 Å². The summed E-state index contributed by atoms with van der Waals surface area (Å²) in [5, 5.41) is 0. The highest BCUT2D eigenvalue weighted by molar-refractivity contribution is 5.73. The molecule has 0 aliphatic rings. The fourth-order valence-electron chi connectivity index (χ4n) is 2.77. The molecule has 0 aliphatic heterocycles. The Labute approximate surface area is 145 Å². The van der Waals surface area contributed by atoms with Crippen LogP contribution in [0, 0.1) is 25.7 Å². The van der Waals surface area contributed by atoms with Crippen LogP contribution in [0.3, 0.4) is 0 Å². The number of benzene rings is 1. The van der Waals surface area contributed by atoms with Crippen LogP contribution >= 0.6 is 0 Å². The summed E-state index contributed by atoms with van der Waals surface area (Å²) in [4.78, 5) is 23.6. The van der Waals surface area contributed by atoms with Crippen LogP contribution in [0.5, 0.6) is 0 Å². The van der Waals surface area contributed by atoms with Gasteiger partial charge >= 0.3 is 11.9 Å². The Hall–Kier alpha value is -1.84. The normalized spacial score (nSPS) is 13.2. The zero-order valence-corrected chi connectivity index (χ0v) is 15.8. The Balaban J connectivity index is 2.86. The molecule has 0 aromatic heterocycles. The van der Waals surface area contributed by atoms with E-state index in [-0.39, 0.29) is 23.8 Å². The number of esters is 2. The second kappa shape index (κ2) is 9.45. The van der Waals surface area contributed by atoms with Crippen LogP contribution in [0.1, 0.15) is 49.9 Å². The first kappa shape index (κ1) is 20.2. The van der Waals surface area contributed by atoms with Crippen LogP contribution in [0.4, 0.5) is 0 Å². The molecule has 0 radical (unpaired) electrons. The van der Waals surface area contributed by atoms with Gasteiger partial charge in [0.2, 0.25) is 0 Å². The lowest BCUT2D eigenvalue weighted by atomic mass is 9.90. The van der Waals surface area contributed by atoms with E-state index in [1.807, 2.05) is 41.5 Å². The van der Waals surface area contributed by atoms with Gasteiger partial charge in [0.25, 0.3) is 0 Å². The molecule has 4 heteroatoms. The van der Waals surface area contributed by atoms with Crippen LogP contribution in [-0.4, -0.2) is 25.2 Å². The molecule has 4 nitrogen and oxygen atoms in total. The summed E-state index contributed by atoms with van der Waals surface area (Å²) in [5.74, 6) is -0.635. The molecule has 0 saturated carbocycles. The minimum absolute atomic E-state index is 0.158. The van der Waals surface area contributed by atoms with E-state index in [2.05, 4.69) is 12.1 Å². The molecular formula is C20H30O4. The van der Waals surface area contributed by atoms with Gasteiger partial charge < -0.3 is 9.47 Å².